The van der Waals surface area contributed by atoms with Crippen LogP contribution in [0.25, 0.3) is 0 Å². The Morgan fingerprint density at radius 3 is 1.71 bits per heavy atom. The van der Waals surface area contributed by atoms with Gasteiger partial charge in [-0.3, -0.25) is 4.55 Å². The van der Waals surface area contributed by atoms with Crippen LogP contribution in [0.3, 0.4) is 0 Å². The van der Waals surface area contributed by atoms with Crippen molar-refractivity contribution in [2.75, 3.05) is 5.75 Å². The molecule has 0 bridgehead atoms. The molecule has 7 heavy (non-hydrogen) atoms. The van der Waals surface area contributed by atoms with Gasteiger partial charge in [-0.25, -0.2) is 0 Å². The summed E-state index contributed by atoms with van der Waals surface area (Å²) in [5, 5.41) is 0. The summed E-state index contributed by atoms with van der Waals surface area (Å²) >= 11 is 0. The van der Waals surface area contributed by atoms with Crippen LogP contribution in [0.1, 0.15) is 6.92 Å². The molecule has 0 aliphatic rings. The minimum absolute atomic E-state index is 0. The second kappa shape index (κ2) is 3.58. The van der Waals surface area contributed by atoms with Crippen molar-refractivity contribution in [2.45, 2.75) is 6.92 Å². The molecule has 0 rings (SSSR count). The van der Waals surface area contributed by atoms with Crippen LogP contribution in [0.4, 0.5) is 0 Å². The summed E-state index contributed by atoms with van der Waals surface area (Å²) in [6.07, 6.45) is 0. The van der Waals surface area contributed by atoms with Crippen molar-refractivity contribution < 1.29 is 34.0 Å². The fourth-order valence-electron chi connectivity index (χ4n) is 0. The molecule has 0 fully saturated rings. The maximum Gasteiger partial charge on any atom is 0.264 e. The molecule has 0 aromatic heterocycles. The topological polar surface area (TPSA) is 54.4 Å². The van der Waals surface area contributed by atoms with Crippen LogP contribution in [-0.2, 0) is 31.2 Å². The standard InChI is InChI=1S/C2H6O3S.W/c1-2-6(3,4)5;/h2H2,1H3,(H,3,4,5);. The Morgan fingerprint density at radius 1 is 1.57 bits per heavy atom. The van der Waals surface area contributed by atoms with Crippen LogP contribution in [0.2, 0.25) is 0 Å². The van der Waals surface area contributed by atoms with E-state index < -0.39 is 10.1 Å². The van der Waals surface area contributed by atoms with Gasteiger partial charge >= 0.3 is 0 Å². The smallest absolute Gasteiger partial charge is 0.264 e. The molecule has 0 heterocycles. The van der Waals surface area contributed by atoms with Crippen LogP contribution in [-0.4, -0.2) is 18.7 Å². The number of rotatable bonds is 1. The molecule has 0 saturated heterocycles. The van der Waals surface area contributed by atoms with Gasteiger partial charge in [-0.15, -0.1) is 0 Å². The molecule has 0 amide bonds. The molecule has 3 nitrogen and oxygen atoms in total. The first-order valence-corrected chi connectivity index (χ1v) is 3.12. The minimum atomic E-state index is -3.66. The van der Waals surface area contributed by atoms with E-state index in [9.17, 15) is 8.42 Å². The average Bonchev–Trinajstić information content (AvgIpc) is 1.35. The van der Waals surface area contributed by atoms with Crippen molar-refractivity contribution in [3.8, 4) is 0 Å². The first-order valence-electron chi connectivity index (χ1n) is 1.51. The van der Waals surface area contributed by atoms with Gasteiger partial charge in [-0.05, 0) is 6.92 Å². The van der Waals surface area contributed by atoms with Crippen LogP contribution in [0.5, 0.6) is 0 Å². The van der Waals surface area contributed by atoms with Gasteiger partial charge < -0.3 is 0 Å². The van der Waals surface area contributed by atoms with E-state index in [-0.39, 0.29) is 26.8 Å². The molecule has 0 aromatic carbocycles. The third-order valence-corrected chi connectivity index (χ3v) is 1.09. The number of hydrogen-bond acceptors (Lipinski definition) is 2. The molecule has 1 N–H and O–H groups in total. The van der Waals surface area contributed by atoms with Crippen LogP contribution < -0.4 is 0 Å². The summed E-state index contributed by atoms with van der Waals surface area (Å²) in [5.74, 6) is -0.201. The summed E-state index contributed by atoms with van der Waals surface area (Å²) in [6, 6.07) is 0. The Balaban J connectivity index is 0. The zero-order valence-corrected chi connectivity index (χ0v) is 7.54. The Morgan fingerprint density at radius 2 is 1.71 bits per heavy atom. The van der Waals surface area contributed by atoms with Gasteiger partial charge in [-0.1, -0.05) is 0 Å². The summed E-state index contributed by atoms with van der Waals surface area (Å²) in [4.78, 5) is 0. The quantitative estimate of drug-likeness (QED) is 0.687. The van der Waals surface area contributed by atoms with Crippen LogP contribution >= 0.6 is 0 Å². The molecule has 0 atom stereocenters. The van der Waals surface area contributed by atoms with Crippen LogP contribution in [0, 0.1) is 0 Å². The average molecular weight is 294 g/mol. The second-order valence-corrected chi connectivity index (χ2v) is 2.61. The fourth-order valence-corrected chi connectivity index (χ4v) is 0. The van der Waals surface area contributed by atoms with E-state index in [2.05, 4.69) is 0 Å². The predicted molar refractivity (Wildman–Crippen MR) is 22.1 cm³/mol. The second-order valence-electron chi connectivity index (χ2n) is 0.871. The summed E-state index contributed by atoms with van der Waals surface area (Å²) in [7, 11) is -3.66. The Bertz CT molecular complexity index is 115. The molecule has 0 saturated carbocycles. The van der Waals surface area contributed by atoms with Gasteiger partial charge in [0.15, 0.2) is 0 Å². The molecule has 0 aliphatic carbocycles. The molecule has 5 heteroatoms. The van der Waals surface area contributed by atoms with Crippen molar-refractivity contribution in [1.82, 2.24) is 0 Å². The third-order valence-electron chi connectivity index (χ3n) is 0.365. The third kappa shape index (κ3) is 10.8. The fraction of sp³-hybridized carbons (Fsp3) is 1.00. The zero-order chi connectivity index (χ0) is 5.21. The van der Waals surface area contributed by atoms with Gasteiger partial charge in [0.05, 0.1) is 5.75 Å². The van der Waals surface area contributed by atoms with Gasteiger partial charge in [0, 0.05) is 21.1 Å². The van der Waals surface area contributed by atoms with Crippen molar-refractivity contribution in [3.63, 3.8) is 0 Å². The number of hydrogen-bond donors (Lipinski definition) is 1. The van der Waals surface area contributed by atoms with Gasteiger partial charge in [0.25, 0.3) is 10.1 Å². The molecule has 0 spiro atoms. The van der Waals surface area contributed by atoms with E-state index in [1.54, 1.807) is 0 Å². The van der Waals surface area contributed by atoms with E-state index in [4.69, 9.17) is 4.55 Å². The summed E-state index contributed by atoms with van der Waals surface area (Å²) < 4.78 is 26.9. The molecular weight excluding hydrogens is 288 g/mol. The van der Waals surface area contributed by atoms with E-state index in [0.29, 0.717) is 0 Å². The molecular formula is C2H6O3SW. The minimum Gasteiger partial charge on any atom is -0.286 e. The molecule has 0 unspecified atom stereocenters. The molecule has 0 radical (unpaired) electrons. The van der Waals surface area contributed by atoms with Crippen molar-refractivity contribution in [1.29, 1.82) is 0 Å². The largest absolute Gasteiger partial charge is 0.286 e. The van der Waals surface area contributed by atoms with E-state index in [0.717, 1.165) is 0 Å². The first-order chi connectivity index (χ1) is 2.56. The van der Waals surface area contributed by atoms with Gasteiger partial charge in [-0.2, -0.15) is 8.42 Å². The predicted octanol–water partition coefficient (Wildman–Crippen LogP) is -0.108. The van der Waals surface area contributed by atoms with Gasteiger partial charge in [0.1, 0.15) is 0 Å². The van der Waals surface area contributed by atoms with Crippen molar-refractivity contribution >= 4 is 10.1 Å². The van der Waals surface area contributed by atoms with Crippen molar-refractivity contribution in [3.05, 3.63) is 0 Å². The van der Waals surface area contributed by atoms with E-state index in [1.165, 1.54) is 6.92 Å². The molecule has 0 aliphatic heterocycles. The first kappa shape index (κ1) is 10.6. The van der Waals surface area contributed by atoms with E-state index in [1.807, 2.05) is 0 Å². The van der Waals surface area contributed by atoms with Crippen molar-refractivity contribution in [2.24, 2.45) is 0 Å². The SMILES string of the molecule is CCS(=O)(=O)O.[W]. The van der Waals surface area contributed by atoms with Gasteiger partial charge in [0.2, 0.25) is 0 Å². The molecule has 0 aromatic rings. The zero-order valence-electron chi connectivity index (χ0n) is 3.79. The Hall–Kier alpha value is 0.598. The normalized spacial score (nSPS) is 10.0. The summed E-state index contributed by atoms with van der Waals surface area (Å²) in [5.41, 5.74) is 0. The molecule has 44 valence electrons. The summed E-state index contributed by atoms with van der Waals surface area (Å²) in [6.45, 7) is 1.37. The Kier molecular flexibility index (Phi) is 5.40. The van der Waals surface area contributed by atoms with Crippen LogP contribution in [0.15, 0.2) is 0 Å². The maximum atomic E-state index is 9.56. The maximum absolute atomic E-state index is 9.56. The Labute approximate surface area is 57.1 Å². The van der Waals surface area contributed by atoms with E-state index >= 15 is 0 Å². The monoisotopic (exact) mass is 294 g/mol.